The molecule has 3 atom stereocenters. The molecule has 21 heavy (non-hydrogen) atoms. The summed E-state index contributed by atoms with van der Waals surface area (Å²) < 4.78 is 0.762. The molecule has 5 heteroatoms. The first-order valence-corrected chi connectivity index (χ1v) is 8.46. The third-order valence-corrected chi connectivity index (χ3v) is 4.93. The number of benzene rings is 1. The summed E-state index contributed by atoms with van der Waals surface area (Å²) in [7, 11) is 0. The molecule has 1 aliphatic carbocycles. The summed E-state index contributed by atoms with van der Waals surface area (Å²) in [5, 5.41) is 14.8. The summed E-state index contributed by atoms with van der Waals surface area (Å²) >= 11 is 3.32. The molecule has 1 aromatic carbocycles. The largest absolute Gasteiger partial charge is 0.314 e. The molecule has 3 unspecified atom stereocenters. The van der Waals surface area contributed by atoms with Crippen molar-refractivity contribution in [2.75, 3.05) is 6.54 Å². The molecule has 0 radical (unpaired) electrons. The van der Waals surface area contributed by atoms with E-state index >= 15 is 0 Å². The predicted octanol–water partition coefficient (Wildman–Crippen LogP) is 4.31. The Morgan fingerprint density at radius 2 is 2.19 bits per heavy atom. The van der Waals surface area contributed by atoms with Gasteiger partial charge < -0.3 is 5.32 Å². The van der Waals surface area contributed by atoms with Crippen LogP contribution in [0.25, 0.3) is 0 Å². The lowest BCUT2D eigenvalue weighted by Crippen LogP contribution is -2.41. The van der Waals surface area contributed by atoms with Crippen LogP contribution < -0.4 is 5.32 Å². The number of nitrogens with zero attached hydrogens (tertiary/aromatic N) is 1. The number of nitrogens with one attached hydrogen (secondary N) is 1. The lowest BCUT2D eigenvalue weighted by atomic mass is 9.76. The molecule has 116 valence electrons. The molecule has 1 saturated carbocycles. The molecule has 4 nitrogen and oxygen atoms in total. The van der Waals surface area contributed by atoms with E-state index in [0.29, 0.717) is 17.9 Å². The summed E-state index contributed by atoms with van der Waals surface area (Å²) in [6.07, 6.45) is 4.34. The molecule has 0 bridgehead atoms. The number of halogens is 1. The lowest BCUT2D eigenvalue weighted by Gasteiger charge is -2.35. The van der Waals surface area contributed by atoms with Gasteiger partial charge in [-0.3, -0.25) is 10.1 Å². The van der Waals surface area contributed by atoms with Crippen LogP contribution in [-0.2, 0) is 6.42 Å². The van der Waals surface area contributed by atoms with Gasteiger partial charge in [0.2, 0.25) is 0 Å². The minimum absolute atomic E-state index is 0.234. The van der Waals surface area contributed by atoms with Crippen LogP contribution >= 0.6 is 15.9 Å². The van der Waals surface area contributed by atoms with Crippen molar-refractivity contribution in [3.8, 4) is 0 Å². The Balaban J connectivity index is 2.20. The Morgan fingerprint density at radius 1 is 1.43 bits per heavy atom. The number of nitro benzene ring substituents is 1. The van der Waals surface area contributed by atoms with Crippen molar-refractivity contribution in [2.45, 2.75) is 45.6 Å². The van der Waals surface area contributed by atoms with Crippen LogP contribution in [0.5, 0.6) is 0 Å². The van der Waals surface area contributed by atoms with E-state index in [1.807, 2.05) is 12.1 Å². The first kappa shape index (κ1) is 16.4. The van der Waals surface area contributed by atoms with E-state index in [9.17, 15) is 10.1 Å². The van der Waals surface area contributed by atoms with Gasteiger partial charge in [-0.2, -0.15) is 0 Å². The fraction of sp³-hybridized carbons (Fsp3) is 0.625. The second-order valence-electron chi connectivity index (χ2n) is 6.08. The molecule has 0 aliphatic heterocycles. The van der Waals surface area contributed by atoms with Crippen molar-refractivity contribution in [2.24, 2.45) is 11.8 Å². The van der Waals surface area contributed by atoms with Gasteiger partial charge in [-0.25, -0.2) is 0 Å². The Labute approximate surface area is 134 Å². The van der Waals surface area contributed by atoms with E-state index in [1.165, 1.54) is 12.8 Å². The van der Waals surface area contributed by atoms with Crippen molar-refractivity contribution in [1.82, 2.24) is 5.32 Å². The summed E-state index contributed by atoms with van der Waals surface area (Å²) in [6.45, 7) is 5.36. The van der Waals surface area contributed by atoms with Gasteiger partial charge in [-0.15, -0.1) is 0 Å². The molecular formula is C16H23BrN2O2. The Bertz CT molecular complexity index is 507. The second-order valence-corrected chi connectivity index (χ2v) is 6.99. The SMILES string of the molecule is CCNC1CCC(C)CC1Cc1ccc(Br)cc1[N+](=O)[O-]. The molecule has 0 heterocycles. The summed E-state index contributed by atoms with van der Waals surface area (Å²) in [4.78, 5) is 11.0. The number of rotatable bonds is 5. The van der Waals surface area contributed by atoms with Crippen molar-refractivity contribution in [3.63, 3.8) is 0 Å². The highest BCUT2D eigenvalue weighted by atomic mass is 79.9. The molecule has 2 rings (SSSR count). The van der Waals surface area contributed by atoms with Gasteiger partial charge in [0.15, 0.2) is 0 Å². The van der Waals surface area contributed by atoms with Gasteiger partial charge in [0.25, 0.3) is 5.69 Å². The predicted molar refractivity (Wildman–Crippen MR) is 88.5 cm³/mol. The number of hydrogen-bond acceptors (Lipinski definition) is 3. The minimum atomic E-state index is -0.269. The van der Waals surface area contributed by atoms with E-state index in [4.69, 9.17) is 0 Å². The number of hydrogen-bond donors (Lipinski definition) is 1. The smallest absolute Gasteiger partial charge is 0.273 e. The lowest BCUT2D eigenvalue weighted by molar-refractivity contribution is -0.385. The Hall–Kier alpha value is -0.940. The van der Waals surface area contributed by atoms with Crippen LogP contribution in [0.15, 0.2) is 22.7 Å². The van der Waals surface area contributed by atoms with Crippen LogP contribution in [-0.4, -0.2) is 17.5 Å². The highest BCUT2D eigenvalue weighted by Crippen LogP contribution is 2.34. The van der Waals surface area contributed by atoms with Gasteiger partial charge >= 0.3 is 0 Å². The maximum Gasteiger partial charge on any atom is 0.273 e. The van der Waals surface area contributed by atoms with Crippen LogP contribution in [0.3, 0.4) is 0 Å². The van der Waals surface area contributed by atoms with Gasteiger partial charge in [-0.05, 0) is 50.1 Å². The third-order valence-electron chi connectivity index (χ3n) is 4.44. The molecule has 0 amide bonds. The summed E-state index contributed by atoms with van der Waals surface area (Å²) in [5.74, 6) is 1.19. The maximum atomic E-state index is 11.3. The average Bonchev–Trinajstić information content (AvgIpc) is 2.43. The van der Waals surface area contributed by atoms with Crippen molar-refractivity contribution in [3.05, 3.63) is 38.3 Å². The second kappa shape index (κ2) is 7.36. The van der Waals surface area contributed by atoms with E-state index in [1.54, 1.807) is 6.07 Å². The van der Waals surface area contributed by atoms with Crippen molar-refractivity contribution < 1.29 is 4.92 Å². The average molecular weight is 355 g/mol. The fourth-order valence-electron chi connectivity index (χ4n) is 3.42. The zero-order valence-corrected chi connectivity index (χ0v) is 14.2. The first-order valence-electron chi connectivity index (χ1n) is 7.67. The summed E-state index contributed by atoms with van der Waals surface area (Å²) in [6, 6.07) is 5.89. The molecule has 0 saturated heterocycles. The summed E-state index contributed by atoms with van der Waals surface area (Å²) in [5.41, 5.74) is 1.09. The van der Waals surface area contributed by atoms with Crippen molar-refractivity contribution >= 4 is 21.6 Å². The van der Waals surface area contributed by atoms with Gasteiger partial charge in [0.1, 0.15) is 0 Å². The fourth-order valence-corrected chi connectivity index (χ4v) is 3.77. The Kier molecular flexibility index (Phi) is 5.76. The quantitative estimate of drug-likeness (QED) is 0.632. The molecule has 0 spiro atoms. The highest BCUT2D eigenvalue weighted by Gasteiger charge is 2.30. The van der Waals surface area contributed by atoms with Crippen molar-refractivity contribution in [1.29, 1.82) is 0 Å². The zero-order valence-electron chi connectivity index (χ0n) is 12.6. The molecule has 1 N–H and O–H groups in total. The number of nitro groups is 1. The minimum Gasteiger partial charge on any atom is -0.314 e. The van der Waals surface area contributed by atoms with Crippen LogP contribution in [0, 0.1) is 22.0 Å². The molecular weight excluding hydrogens is 332 g/mol. The standard InChI is InChI=1S/C16H23BrN2O2/c1-3-18-15-7-4-11(2)8-13(15)9-12-5-6-14(17)10-16(12)19(20)21/h5-6,10-11,13,15,18H,3-4,7-9H2,1-2H3. The third kappa shape index (κ3) is 4.27. The van der Waals surface area contributed by atoms with Gasteiger partial charge in [0, 0.05) is 22.1 Å². The van der Waals surface area contributed by atoms with Gasteiger partial charge in [0.05, 0.1) is 4.92 Å². The van der Waals surface area contributed by atoms with Crippen LogP contribution in [0.1, 0.15) is 38.7 Å². The van der Waals surface area contributed by atoms with E-state index in [2.05, 4.69) is 35.1 Å². The Morgan fingerprint density at radius 3 is 2.86 bits per heavy atom. The van der Waals surface area contributed by atoms with E-state index in [-0.39, 0.29) is 10.6 Å². The topological polar surface area (TPSA) is 55.2 Å². The normalized spacial score (nSPS) is 25.8. The molecule has 1 aromatic rings. The maximum absolute atomic E-state index is 11.3. The highest BCUT2D eigenvalue weighted by molar-refractivity contribution is 9.10. The van der Waals surface area contributed by atoms with Gasteiger partial charge in [-0.1, -0.05) is 35.8 Å². The molecule has 1 aliphatic rings. The zero-order chi connectivity index (χ0) is 15.4. The van der Waals surface area contributed by atoms with Crippen LogP contribution in [0.2, 0.25) is 0 Å². The van der Waals surface area contributed by atoms with E-state index < -0.39 is 0 Å². The molecule has 0 aromatic heterocycles. The van der Waals surface area contributed by atoms with E-state index in [0.717, 1.165) is 29.4 Å². The van der Waals surface area contributed by atoms with Crippen LogP contribution in [0.4, 0.5) is 5.69 Å². The first-order chi connectivity index (χ1) is 10.0. The monoisotopic (exact) mass is 354 g/mol. The molecule has 1 fully saturated rings.